The van der Waals surface area contributed by atoms with Gasteiger partial charge in [0.15, 0.2) is 0 Å². The molecule has 25 heavy (non-hydrogen) atoms. The fraction of sp³-hybridized carbons (Fsp3) is 0.667. The van der Waals surface area contributed by atoms with Crippen LogP contribution >= 0.6 is 24.0 Å². The highest BCUT2D eigenvalue weighted by molar-refractivity contribution is 7.89. The first kappa shape index (κ1) is 21.0. The number of nitrogens with zero attached hydrogens (tertiary/aromatic N) is 2. The lowest BCUT2D eigenvalue weighted by Crippen LogP contribution is -2.41. The highest BCUT2D eigenvalue weighted by Crippen LogP contribution is 2.32. The highest BCUT2D eigenvalue weighted by Gasteiger charge is 2.37. The number of benzene rings is 1. The number of piperidine rings is 1. The highest BCUT2D eigenvalue weighted by atomic mass is 35.5. The van der Waals surface area contributed by atoms with E-state index in [4.69, 9.17) is 11.6 Å². The molecule has 0 radical (unpaired) electrons. The van der Waals surface area contributed by atoms with Crippen molar-refractivity contribution in [3.63, 3.8) is 0 Å². The van der Waals surface area contributed by atoms with E-state index in [0.29, 0.717) is 11.1 Å². The van der Waals surface area contributed by atoms with Crippen molar-refractivity contribution in [2.45, 2.75) is 56.0 Å². The molecule has 1 saturated heterocycles. The normalized spacial score (nSPS) is 25.9. The predicted octanol–water partition coefficient (Wildman–Crippen LogP) is 4.04. The quantitative estimate of drug-likeness (QED) is 0.757. The van der Waals surface area contributed by atoms with E-state index >= 15 is 0 Å². The number of sulfonamides is 1. The van der Waals surface area contributed by atoms with Gasteiger partial charge in [0.25, 0.3) is 0 Å². The Labute approximate surface area is 163 Å². The fourth-order valence-corrected chi connectivity index (χ4v) is 5.68. The Bertz CT molecular complexity index is 675. The van der Waals surface area contributed by atoms with E-state index in [1.807, 2.05) is 0 Å². The molecule has 142 valence electrons. The molecule has 2 fully saturated rings. The first-order valence-electron chi connectivity index (χ1n) is 8.85. The van der Waals surface area contributed by atoms with Crippen LogP contribution < -0.4 is 0 Å². The van der Waals surface area contributed by atoms with E-state index < -0.39 is 10.0 Å². The lowest BCUT2D eigenvalue weighted by molar-refractivity contribution is 0.136. The Kier molecular flexibility index (Phi) is 7.19. The molecule has 0 spiro atoms. The van der Waals surface area contributed by atoms with Crippen molar-refractivity contribution in [2.75, 3.05) is 20.1 Å². The molecule has 0 unspecified atom stereocenters. The largest absolute Gasteiger partial charge is 0.300 e. The standard InChI is InChI=1S/C18H27ClN2O2S.ClH/c1-14-8-10-21(11-9-14)17-7-6-16(13-17)20(2)24(22,23)18-5-3-4-15(19)12-18;/h3-5,12,14,16-17H,6-11,13H2,1-2H3;1H/t16-,17+;/m1./s1. The van der Waals surface area contributed by atoms with Gasteiger partial charge in [0.05, 0.1) is 4.90 Å². The van der Waals surface area contributed by atoms with Crippen molar-refractivity contribution in [3.8, 4) is 0 Å². The Morgan fingerprint density at radius 2 is 1.84 bits per heavy atom. The van der Waals surface area contributed by atoms with Crippen LogP contribution in [0.4, 0.5) is 0 Å². The van der Waals surface area contributed by atoms with Crippen LogP contribution in [0, 0.1) is 5.92 Å². The van der Waals surface area contributed by atoms with Crippen LogP contribution in [0.3, 0.4) is 0 Å². The molecule has 1 aromatic carbocycles. The van der Waals surface area contributed by atoms with Gasteiger partial charge < -0.3 is 4.90 Å². The fourth-order valence-electron chi connectivity index (χ4n) is 3.98. The van der Waals surface area contributed by atoms with Gasteiger partial charge in [-0.3, -0.25) is 0 Å². The van der Waals surface area contributed by atoms with Crippen LogP contribution in [0.2, 0.25) is 5.02 Å². The first-order valence-corrected chi connectivity index (χ1v) is 10.7. The van der Waals surface area contributed by atoms with E-state index in [9.17, 15) is 8.42 Å². The summed E-state index contributed by atoms with van der Waals surface area (Å²) in [6.07, 6.45) is 5.49. The van der Waals surface area contributed by atoms with Gasteiger partial charge in [0.2, 0.25) is 10.0 Å². The maximum absolute atomic E-state index is 12.9. The summed E-state index contributed by atoms with van der Waals surface area (Å²) in [5.41, 5.74) is 0. The maximum Gasteiger partial charge on any atom is 0.243 e. The Hall–Kier alpha value is -0.330. The van der Waals surface area contributed by atoms with Gasteiger partial charge >= 0.3 is 0 Å². The molecule has 7 heteroatoms. The van der Waals surface area contributed by atoms with Gasteiger partial charge in [-0.1, -0.05) is 24.6 Å². The second kappa shape index (κ2) is 8.57. The molecule has 1 aliphatic carbocycles. The monoisotopic (exact) mass is 406 g/mol. The molecule has 0 amide bonds. The lowest BCUT2D eigenvalue weighted by Gasteiger charge is -2.35. The minimum Gasteiger partial charge on any atom is -0.300 e. The molecule has 0 N–H and O–H groups in total. The number of hydrogen-bond donors (Lipinski definition) is 0. The lowest BCUT2D eigenvalue weighted by atomic mass is 9.97. The van der Waals surface area contributed by atoms with Crippen LogP contribution in [0.1, 0.15) is 39.0 Å². The minimum atomic E-state index is -3.48. The molecule has 2 atom stereocenters. The summed E-state index contributed by atoms with van der Waals surface area (Å²) < 4.78 is 27.3. The molecule has 1 heterocycles. The summed E-state index contributed by atoms with van der Waals surface area (Å²) in [6.45, 7) is 4.63. The van der Waals surface area contributed by atoms with E-state index in [1.54, 1.807) is 29.6 Å². The second-order valence-corrected chi connectivity index (χ2v) is 9.75. The molecule has 4 nitrogen and oxygen atoms in total. The van der Waals surface area contributed by atoms with Gasteiger partial charge in [0, 0.05) is 24.2 Å². The van der Waals surface area contributed by atoms with Crippen LogP contribution in [-0.2, 0) is 10.0 Å². The number of rotatable bonds is 4. The number of hydrogen-bond acceptors (Lipinski definition) is 3. The Balaban J connectivity index is 0.00000225. The van der Waals surface area contributed by atoms with Gasteiger partial charge in [0.1, 0.15) is 0 Å². The minimum absolute atomic E-state index is 0. The maximum atomic E-state index is 12.9. The molecule has 3 rings (SSSR count). The summed E-state index contributed by atoms with van der Waals surface area (Å²) >= 11 is 5.96. The van der Waals surface area contributed by atoms with Gasteiger partial charge in [-0.15, -0.1) is 12.4 Å². The second-order valence-electron chi connectivity index (χ2n) is 7.32. The molecule has 1 aliphatic heterocycles. The topological polar surface area (TPSA) is 40.6 Å². The molecular weight excluding hydrogens is 379 g/mol. The van der Waals surface area contributed by atoms with Crippen LogP contribution in [-0.4, -0.2) is 49.8 Å². The van der Waals surface area contributed by atoms with Gasteiger partial charge in [-0.25, -0.2) is 8.42 Å². The molecule has 1 aromatic rings. The van der Waals surface area contributed by atoms with E-state index in [2.05, 4.69) is 11.8 Å². The van der Waals surface area contributed by atoms with Crippen molar-refractivity contribution >= 4 is 34.0 Å². The Morgan fingerprint density at radius 3 is 2.48 bits per heavy atom. The summed E-state index contributed by atoms with van der Waals surface area (Å²) in [7, 11) is -1.77. The van der Waals surface area contributed by atoms with E-state index in [1.165, 1.54) is 18.9 Å². The molecule has 1 saturated carbocycles. The molecule has 0 bridgehead atoms. The zero-order valence-corrected chi connectivity index (χ0v) is 17.3. The first-order chi connectivity index (χ1) is 11.4. The SMILES string of the molecule is CC1CCN([C@H]2CC[C@@H](N(C)S(=O)(=O)c3cccc(Cl)c3)C2)CC1.Cl. The molecular formula is C18H28Cl2N2O2S. The zero-order chi connectivity index (χ0) is 17.3. The summed E-state index contributed by atoms with van der Waals surface area (Å²) in [4.78, 5) is 2.85. The van der Waals surface area contributed by atoms with Crippen LogP contribution in [0.25, 0.3) is 0 Å². The molecule has 2 aliphatic rings. The van der Waals surface area contributed by atoms with Crippen LogP contribution in [0.5, 0.6) is 0 Å². The number of halogens is 2. The third kappa shape index (κ3) is 4.69. The van der Waals surface area contributed by atoms with E-state index in [-0.39, 0.29) is 23.3 Å². The van der Waals surface area contributed by atoms with Gasteiger partial charge in [-0.05, 0) is 69.3 Å². The van der Waals surface area contributed by atoms with Crippen molar-refractivity contribution in [2.24, 2.45) is 5.92 Å². The number of likely N-dealkylation sites (tertiary alicyclic amines) is 1. The van der Waals surface area contributed by atoms with E-state index in [0.717, 1.165) is 38.3 Å². The smallest absolute Gasteiger partial charge is 0.243 e. The third-order valence-corrected chi connectivity index (χ3v) is 7.84. The Morgan fingerprint density at radius 1 is 1.16 bits per heavy atom. The average Bonchev–Trinajstić information content (AvgIpc) is 3.04. The van der Waals surface area contributed by atoms with Crippen molar-refractivity contribution < 1.29 is 8.42 Å². The van der Waals surface area contributed by atoms with Crippen molar-refractivity contribution in [1.29, 1.82) is 0 Å². The van der Waals surface area contributed by atoms with Crippen molar-refractivity contribution in [3.05, 3.63) is 29.3 Å². The average molecular weight is 407 g/mol. The summed E-state index contributed by atoms with van der Waals surface area (Å²) in [5, 5.41) is 0.455. The van der Waals surface area contributed by atoms with Crippen LogP contribution in [0.15, 0.2) is 29.2 Å². The summed E-state index contributed by atoms with van der Waals surface area (Å²) in [5.74, 6) is 0.823. The molecule has 0 aromatic heterocycles. The predicted molar refractivity (Wildman–Crippen MR) is 105 cm³/mol. The third-order valence-electron chi connectivity index (χ3n) is 5.70. The van der Waals surface area contributed by atoms with Crippen molar-refractivity contribution in [1.82, 2.24) is 9.21 Å². The summed E-state index contributed by atoms with van der Waals surface area (Å²) in [6, 6.07) is 7.15. The van der Waals surface area contributed by atoms with Gasteiger partial charge in [-0.2, -0.15) is 4.31 Å². The zero-order valence-electron chi connectivity index (χ0n) is 14.9.